The lowest BCUT2D eigenvalue weighted by atomic mass is 10.2. The molecule has 27 heavy (non-hydrogen) atoms. The van der Waals surface area contributed by atoms with Gasteiger partial charge in [-0.25, -0.2) is 9.18 Å². The number of halogens is 1. The van der Waals surface area contributed by atoms with Gasteiger partial charge in [0.1, 0.15) is 25.6 Å². The van der Waals surface area contributed by atoms with Gasteiger partial charge in [-0.05, 0) is 36.4 Å². The van der Waals surface area contributed by atoms with Crippen LogP contribution in [0.15, 0.2) is 42.5 Å². The predicted octanol–water partition coefficient (Wildman–Crippen LogP) is 2.48. The average molecular weight is 371 g/mol. The highest BCUT2D eigenvalue weighted by molar-refractivity contribution is 5.99. The van der Waals surface area contributed by atoms with Crippen LogP contribution in [0.1, 0.15) is 0 Å². The van der Waals surface area contributed by atoms with Crippen LogP contribution in [0.25, 0.3) is 0 Å². The average Bonchev–Trinajstić information content (AvgIpc) is 3.02. The third-order valence-electron chi connectivity index (χ3n) is 4.39. The SMILES string of the molecule is O=C(CN1CCN(c2ccc(F)cc2)C1=O)Nc1ccc2c(c1)OCCO2. The zero-order valence-corrected chi connectivity index (χ0v) is 14.5. The second-order valence-corrected chi connectivity index (χ2v) is 6.24. The number of fused-ring (bicyclic) bond motifs is 1. The van der Waals surface area contributed by atoms with E-state index in [2.05, 4.69) is 5.32 Å². The van der Waals surface area contributed by atoms with E-state index < -0.39 is 0 Å². The third-order valence-corrected chi connectivity index (χ3v) is 4.39. The van der Waals surface area contributed by atoms with Crippen LogP contribution in [0.5, 0.6) is 11.5 Å². The molecule has 0 unspecified atom stereocenters. The zero-order valence-electron chi connectivity index (χ0n) is 14.5. The molecule has 0 radical (unpaired) electrons. The number of ether oxygens (including phenoxy) is 2. The lowest BCUT2D eigenvalue weighted by Crippen LogP contribution is -2.37. The molecule has 3 amide bonds. The lowest BCUT2D eigenvalue weighted by molar-refractivity contribution is -0.116. The van der Waals surface area contributed by atoms with Crippen LogP contribution in [-0.2, 0) is 4.79 Å². The van der Waals surface area contributed by atoms with Crippen molar-refractivity contribution in [1.82, 2.24) is 4.90 Å². The van der Waals surface area contributed by atoms with Crippen LogP contribution in [0.2, 0.25) is 0 Å². The smallest absolute Gasteiger partial charge is 0.325 e. The number of nitrogens with zero attached hydrogens (tertiary/aromatic N) is 2. The molecule has 7 nitrogen and oxygen atoms in total. The Bertz CT molecular complexity index is 872. The number of hydrogen-bond acceptors (Lipinski definition) is 4. The van der Waals surface area contributed by atoms with Gasteiger partial charge in [0.15, 0.2) is 11.5 Å². The Labute approximate surface area is 155 Å². The summed E-state index contributed by atoms with van der Waals surface area (Å²) in [5.74, 6) is 0.560. The Kier molecular flexibility index (Phi) is 4.53. The van der Waals surface area contributed by atoms with Gasteiger partial charge < -0.3 is 19.7 Å². The number of nitrogens with one attached hydrogen (secondary N) is 1. The summed E-state index contributed by atoms with van der Waals surface area (Å²) < 4.78 is 24.0. The molecule has 0 bridgehead atoms. The van der Waals surface area contributed by atoms with Gasteiger partial charge in [0.25, 0.3) is 0 Å². The molecule has 0 saturated carbocycles. The first-order chi connectivity index (χ1) is 13.1. The number of urea groups is 1. The molecule has 1 N–H and O–H groups in total. The maximum absolute atomic E-state index is 13.0. The molecule has 2 aromatic carbocycles. The second-order valence-electron chi connectivity index (χ2n) is 6.24. The summed E-state index contributed by atoms with van der Waals surface area (Å²) in [6, 6.07) is 10.6. The van der Waals surface area contributed by atoms with Gasteiger partial charge in [-0.3, -0.25) is 9.69 Å². The fourth-order valence-electron chi connectivity index (χ4n) is 3.08. The van der Waals surface area contributed by atoms with Gasteiger partial charge in [0, 0.05) is 30.5 Å². The summed E-state index contributed by atoms with van der Waals surface area (Å²) in [4.78, 5) is 27.8. The van der Waals surface area contributed by atoms with Crippen molar-refractivity contribution in [3.05, 3.63) is 48.3 Å². The van der Waals surface area contributed by atoms with E-state index in [9.17, 15) is 14.0 Å². The summed E-state index contributed by atoms with van der Waals surface area (Å²) in [5.41, 5.74) is 1.18. The molecule has 2 aliphatic heterocycles. The number of carbonyl (C=O) groups excluding carboxylic acids is 2. The molecule has 140 valence electrons. The lowest BCUT2D eigenvalue weighted by Gasteiger charge is -2.20. The predicted molar refractivity (Wildman–Crippen MR) is 96.8 cm³/mol. The minimum atomic E-state index is -0.360. The van der Waals surface area contributed by atoms with Crippen LogP contribution in [0.4, 0.5) is 20.6 Å². The van der Waals surface area contributed by atoms with Crippen molar-refractivity contribution in [2.75, 3.05) is 43.1 Å². The van der Waals surface area contributed by atoms with Gasteiger partial charge in [-0.2, -0.15) is 0 Å². The van der Waals surface area contributed by atoms with Crippen molar-refractivity contribution in [1.29, 1.82) is 0 Å². The van der Waals surface area contributed by atoms with Crippen molar-refractivity contribution in [3.63, 3.8) is 0 Å². The summed E-state index contributed by atoms with van der Waals surface area (Å²) in [5, 5.41) is 2.77. The molecule has 1 fully saturated rings. The molecule has 0 atom stereocenters. The molecule has 0 spiro atoms. The van der Waals surface area contributed by atoms with Gasteiger partial charge in [-0.15, -0.1) is 0 Å². The molecule has 1 saturated heterocycles. The van der Waals surface area contributed by atoms with Gasteiger partial charge in [0.05, 0.1) is 0 Å². The van der Waals surface area contributed by atoms with E-state index in [0.29, 0.717) is 49.2 Å². The molecular weight excluding hydrogens is 353 g/mol. The van der Waals surface area contributed by atoms with Crippen molar-refractivity contribution in [3.8, 4) is 11.5 Å². The highest BCUT2D eigenvalue weighted by Gasteiger charge is 2.30. The fraction of sp³-hybridized carbons (Fsp3) is 0.263. The Morgan fingerprint density at radius 3 is 2.56 bits per heavy atom. The number of anilines is 2. The first-order valence-corrected chi connectivity index (χ1v) is 8.62. The second kappa shape index (κ2) is 7.14. The Hall–Kier alpha value is -3.29. The number of carbonyl (C=O) groups is 2. The normalized spacial score (nSPS) is 15.8. The zero-order chi connectivity index (χ0) is 18.8. The number of amides is 3. The maximum atomic E-state index is 13.0. The van der Waals surface area contributed by atoms with E-state index in [1.54, 1.807) is 30.3 Å². The van der Waals surface area contributed by atoms with Crippen LogP contribution < -0.4 is 19.7 Å². The van der Waals surface area contributed by atoms with Crippen molar-refractivity contribution in [2.45, 2.75) is 0 Å². The van der Waals surface area contributed by atoms with Crippen LogP contribution in [0, 0.1) is 5.82 Å². The molecule has 2 heterocycles. The van der Waals surface area contributed by atoms with E-state index >= 15 is 0 Å². The molecule has 8 heteroatoms. The molecule has 0 aliphatic carbocycles. The van der Waals surface area contributed by atoms with Crippen molar-refractivity contribution < 1.29 is 23.5 Å². The first-order valence-electron chi connectivity index (χ1n) is 8.62. The first kappa shape index (κ1) is 17.1. The Balaban J connectivity index is 1.37. The Morgan fingerprint density at radius 2 is 1.78 bits per heavy atom. The quantitative estimate of drug-likeness (QED) is 0.896. The summed E-state index contributed by atoms with van der Waals surface area (Å²) >= 11 is 0. The minimum absolute atomic E-state index is 0.0645. The number of hydrogen-bond donors (Lipinski definition) is 1. The van der Waals surface area contributed by atoms with Crippen molar-refractivity contribution in [2.24, 2.45) is 0 Å². The van der Waals surface area contributed by atoms with E-state index in [1.807, 2.05) is 0 Å². The van der Waals surface area contributed by atoms with Gasteiger partial charge >= 0.3 is 6.03 Å². The topological polar surface area (TPSA) is 71.1 Å². The van der Waals surface area contributed by atoms with Crippen LogP contribution >= 0.6 is 0 Å². The standard InChI is InChI=1S/C19H18FN3O4/c20-13-1-4-15(5-2-13)23-8-7-22(19(23)25)12-18(24)21-14-3-6-16-17(11-14)27-10-9-26-16/h1-6,11H,7-10,12H2,(H,21,24). The molecule has 2 aromatic rings. The molecular formula is C19H18FN3O4. The van der Waals surface area contributed by atoms with Gasteiger partial charge in [0.2, 0.25) is 5.91 Å². The third kappa shape index (κ3) is 3.64. The summed E-state index contributed by atoms with van der Waals surface area (Å²) in [6.07, 6.45) is 0. The molecule has 4 rings (SSSR count). The highest BCUT2D eigenvalue weighted by Crippen LogP contribution is 2.32. The van der Waals surface area contributed by atoms with E-state index in [-0.39, 0.29) is 24.3 Å². The highest BCUT2D eigenvalue weighted by atomic mass is 19.1. The largest absolute Gasteiger partial charge is 0.486 e. The summed E-state index contributed by atoms with van der Waals surface area (Å²) in [6.45, 7) is 1.77. The van der Waals surface area contributed by atoms with E-state index in [0.717, 1.165) is 0 Å². The number of benzene rings is 2. The fourth-order valence-corrected chi connectivity index (χ4v) is 3.08. The van der Waals surface area contributed by atoms with E-state index in [1.165, 1.54) is 21.9 Å². The molecule has 0 aromatic heterocycles. The minimum Gasteiger partial charge on any atom is -0.486 e. The van der Waals surface area contributed by atoms with Crippen molar-refractivity contribution >= 4 is 23.3 Å². The Morgan fingerprint density at radius 1 is 1.04 bits per heavy atom. The molecule has 2 aliphatic rings. The van der Waals surface area contributed by atoms with Crippen LogP contribution in [-0.4, -0.2) is 49.7 Å². The van der Waals surface area contributed by atoms with E-state index in [4.69, 9.17) is 9.47 Å². The van der Waals surface area contributed by atoms with Crippen LogP contribution in [0.3, 0.4) is 0 Å². The number of rotatable bonds is 4. The van der Waals surface area contributed by atoms with Gasteiger partial charge in [-0.1, -0.05) is 0 Å². The maximum Gasteiger partial charge on any atom is 0.325 e. The summed E-state index contributed by atoms with van der Waals surface area (Å²) in [7, 11) is 0. The monoisotopic (exact) mass is 371 g/mol.